The Labute approximate surface area is 121 Å². The van der Waals surface area contributed by atoms with Crippen LogP contribution in [0.4, 0.5) is 0 Å². The number of rotatable bonds is 7. The lowest BCUT2D eigenvalue weighted by Gasteiger charge is -2.21. The van der Waals surface area contributed by atoms with E-state index in [4.69, 9.17) is 10.4 Å². The van der Waals surface area contributed by atoms with Crippen LogP contribution in [0.2, 0.25) is 0 Å². The second-order valence-electron chi connectivity index (χ2n) is 4.10. The molecule has 2 atom stereocenters. The third kappa shape index (κ3) is 4.52. The zero-order chi connectivity index (χ0) is 15.0. The molecule has 0 amide bonds. The van der Waals surface area contributed by atoms with Crippen molar-refractivity contribution in [1.82, 2.24) is 5.06 Å². The lowest BCUT2D eigenvalue weighted by Crippen LogP contribution is -2.31. The third-order valence-electron chi connectivity index (χ3n) is 2.75. The van der Waals surface area contributed by atoms with Gasteiger partial charge in [-0.1, -0.05) is 23.0 Å². The molecule has 7 nitrogen and oxygen atoms in total. The molecule has 0 N–H and O–H groups in total. The molecule has 0 aliphatic carbocycles. The fourth-order valence-corrected chi connectivity index (χ4v) is 2.96. The molecule has 0 spiro atoms. The SMILES string of the molecule is C=CCON1C[C@@H](SC(C)=O)C(=C=O)[C@H]1CCN=[N+]=[N-]. The number of azide groups is 1. The minimum atomic E-state index is -0.324. The average molecular weight is 296 g/mol. The monoisotopic (exact) mass is 296 g/mol. The normalized spacial score (nSPS) is 22.1. The van der Waals surface area contributed by atoms with Crippen molar-refractivity contribution in [2.75, 3.05) is 19.7 Å². The molecule has 108 valence electrons. The molecule has 1 aliphatic heterocycles. The highest BCUT2D eigenvalue weighted by Crippen LogP contribution is 2.33. The average Bonchev–Trinajstić information content (AvgIpc) is 2.73. The molecular formula is C12H16N4O3S. The molecule has 0 aromatic heterocycles. The maximum atomic E-state index is 11.2. The van der Waals surface area contributed by atoms with Crippen LogP contribution < -0.4 is 0 Å². The van der Waals surface area contributed by atoms with E-state index in [1.54, 1.807) is 11.1 Å². The van der Waals surface area contributed by atoms with E-state index in [0.29, 0.717) is 25.1 Å². The lowest BCUT2D eigenvalue weighted by molar-refractivity contribution is -0.154. The molecule has 8 heteroatoms. The van der Waals surface area contributed by atoms with Crippen molar-refractivity contribution in [3.05, 3.63) is 28.7 Å². The summed E-state index contributed by atoms with van der Waals surface area (Å²) in [5.41, 5.74) is 8.78. The van der Waals surface area contributed by atoms with E-state index in [9.17, 15) is 9.59 Å². The van der Waals surface area contributed by atoms with Crippen LogP contribution in [-0.4, -0.2) is 47.1 Å². The predicted octanol–water partition coefficient (Wildman–Crippen LogP) is 1.89. The van der Waals surface area contributed by atoms with Crippen LogP contribution in [0.25, 0.3) is 10.4 Å². The summed E-state index contributed by atoms with van der Waals surface area (Å²) < 4.78 is 0. The van der Waals surface area contributed by atoms with E-state index in [2.05, 4.69) is 16.6 Å². The molecule has 1 saturated heterocycles. The number of hydrogen-bond acceptors (Lipinski definition) is 6. The Bertz CT molecular complexity index is 469. The van der Waals surface area contributed by atoms with E-state index in [1.165, 1.54) is 6.92 Å². The Kier molecular flexibility index (Phi) is 7.08. The Morgan fingerprint density at radius 1 is 1.80 bits per heavy atom. The maximum absolute atomic E-state index is 11.2. The predicted molar refractivity (Wildman–Crippen MR) is 76.5 cm³/mol. The topological polar surface area (TPSA) is 95.4 Å². The molecule has 0 aromatic rings. The summed E-state index contributed by atoms with van der Waals surface area (Å²) in [5.74, 6) is 1.91. The van der Waals surface area contributed by atoms with Crippen LogP contribution in [0.15, 0.2) is 23.3 Å². The highest BCUT2D eigenvalue weighted by molar-refractivity contribution is 8.14. The molecule has 1 rings (SSSR count). The number of hydrogen-bond donors (Lipinski definition) is 0. The van der Waals surface area contributed by atoms with Crippen molar-refractivity contribution < 1.29 is 14.4 Å². The maximum Gasteiger partial charge on any atom is 0.186 e. The fraction of sp³-hybridized carbons (Fsp3) is 0.583. The quantitative estimate of drug-likeness (QED) is 0.235. The van der Waals surface area contributed by atoms with Crippen LogP contribution in [0.5, 0.6) is 0 Å². The third-order valence-corrected chi connectivity index (χ3v) is 3.77. The molecule has 1 heterocycles. The van der Waals surface area contributed by atoms with Crippen LogP contribution >= 0.6 is 11.8 Å². The van der Waals surface area contributed by atoms with Crippen LogP contribution in [-0.2, 0) is 14.4 Å². The van der Waals surface area contributed by atoms with Crippen LogP contribution in [0.3, 0.4) is 0 Å². The Morgan fingerprint density at radius 3 is 3.10 bits per heavy atom. The molecule has 0 aromatic carbocycles. The van der Waals surface area contributed by atoms with Gasteiger partial charge >= 0.3 is 0 Å². The molecule has 0 bridgehead atoms. The first-order valence-electron chi connectivity index (χ1n) is 6.07. The van der Waals surface area contributed by atoms with Gasteiger partial charge < -0.3 is 0 Å². The van der Waals surface area contributed by atoms with E-state index < -0.39 is 0 Å². The lowest BCUT2D eigenvalue weighted by atomic mass is 10.1. The van der Waals surface area contributed by atoms with Gasteiger partial charge in [-0.15, -0.1) is 6.58 Å². The van der Waals surface area contributed by atoms with Gasteiger partial charge in [0.15, 0.2) is 5.12 Å². The minimum Gasteiger partial charge on any atom is -0.294 e. The van der Waals surface area contributed by atoms with E-state index in [1.807, 2.05) is 5.94 Å². The highest BCUT2D eigenvalue weighted by Gasteiger charge is 2.39. The number of carbonyl (C=O) groups is 1. The Hall–Kier alpha value is -1.56. The molecule has 1 fully saturated rings. The van der Waals surface area contributed by atoms with Crippen LogP contribution in [0.1, 0.15) is 13.3 Å². The molecule has 20 heavy (non-hydrogen) atoms. The van der Waals surface area contributed by atoms with Gasteiger partial charge in [0.1, 0.15) is 5.94 Å². The van der Waals surface area contributed by atoms with Crippen molar-refractivity contribution in [1.29, 1.82) is 0 Å². The fourth-order valence-electron chi connectivity index (χ4n) is 2.01. The summed E-state index contributed by atoms with van der Waals surface area (Å²) in [6.45, 7) is 6.00. The minimum absolute atomic E-state index is 0.0675. The molecular weight excluding hydrogens is 280 g/mol. The standard InChI is InChI=1S/C12H16N4O3S/c1-3-6-19-16-7-12(20-9(2)18)10(8-17)11(16)4-5-14-15-13/h3,11-12H,1,4-7H2,2H3/t11-,12-/m1/s1. The molecule has 0 saturated carbocycles. The van der Waals surface area contributed by atoms with E-state index in [0.717, 1.165) is 11.8 Å². The summed E-state index contributed by atoms with van der Waals surface area (Å²) in [6, 6.07) is -0.324. The van der Waals surface area contributed by atoms with Crippen molar-refractivity contribution in [2.24, 2.45) is 5.11 Å². The van der Waals surface area contributed by atoms with Crippen molar-refractivity contribution in [3.63, 3.8) is 0 Å². The second-order valence-corrected chi connectivity index (χ2v) is 5.48. The van der Waals surface area contributed by atoms with Gasteiger partial charge in [0.25, 0.3) is 0 Å². The largest absolute Gasteiger partial charge is 0.294 e. The number of thioether (sulfide) groups is 1. The summed E-state index contributed by atoms with van der Waals surface area (Å²) in [6.07, 6.45) is 2.04. The summed E-state index contributed by atoms with van der Waals surface area (Å²) in [4.78, 5) is 30.6. The number of nitrogens with zero attached hydrogens (tertiary/aromatic N) is 4. The Balaban J connectivity index is 2.85. The van der Waals surface area contributed by atoms with Gasteiger partial charge in [0.2, 0.25) is 0 Å². The van der Waals surface area contributed by atoms with Crippen molar-refractivity contribution in [2.45, 2.75) is 24.6 Å². The van der Waals surface area contributed by atoms with Gasteiger partial charge in [-0.05, 0) is 12.0 Å². The van der Waals surface area contributed by atoms with Crippen molar-refractivity contribution >= 4 is 22.8 Å². The zero-order valence-electron chi connectivity index (χ0n) is 11.2. The molecule has 0 radical (unpaired) electrons. The van der Waals surface area contributed by atoms with Gasteiger partial charge in [-0.2, -0.15) is 5.06 Å². The summed E-state index contributed by atoms with van der Waals surface area (Å²) in [5, 5.41) is 4.76. The van der Waals surface area contributed by atoms with Gasteiger partial charge in [-0.3, -0.25) is 9.63 Å². The van der Waals surface area contributed by atoms with E-state index >= 15 is 0 Å². The zero-order valence-corrected chi connectivity index (χ0v) is 12.0. The smallest absolute Gasteiger partial charge is 0.186 e. The number of carbonyl (C=O) groups excluding carboxylic acids is 2. The highest BCUT2D eigenvalue weighted by atomic mass is 32.2. The first-order chi connectivity index (χ1) is 9.63. The molecule has 1 aliphatic rings. The number of hydroxylamine groups is 2. The summed E-state index contributed by atoms with van der Waals surface area (Å²) in [7, 11) is 0. The van der Waals surface area contributed by atoms with Gasteiger partial charge in [-0.25, -0.2) is 4.79 Å². The van der Waals surface area contributed by atoms with E-state index in [-0.39, 0.29) is 23.0 Å². The Morgan fingerprint density at radius 2 is 2.55 bits per heavy atom. The van der Waals surface area contributed by atoms with Gasteiger partial charge in [0.05, 0.1) is 17.9 Å². The van der Waals surface area contributed by atoms with Crippen LogP contribution in [0, 0.1) is 0 Å². The van der Waals surface area contributed by atoms with Crippen molar-refractivity contribution in [3.8, 4) is 0 Å². The first-order valence-corrected chi connectivity index (χ1v) is 6.95. The summed E-state index contributed by atoms with van der Waals surface area (Å²) >= 11 is 1.09. The van der Waals surface area contributed by atoms with Gasteiger partial charge in [0, 0.05) is 30.5 Å². The second kappa shape index (κ2) is 8.58. The molecule has 0 unspecified atom stereocenters. The first kappa shape index (κ1) is 16.5.